The number of nitrogens with one attached hydrogen (secondary N) is 1. The zero-order valence-electron chi connectivity index (χ0n) is 45.2. The Morgan fingerprint density at radius 2 is 0.742 bits per heavy atom. The van der Waals surface area contributed by atoms with Gasteiger partial charge in [-0.15, -0.1) is 0 Å². The third-order valence-electron chi connectivity index (χ3n) is 13.8. The summed E-state index contributed by atoms with van der Waals surface area (Å²) in [7, 11) is 1.32. The van der Waals surface area contributed by atoms with Crippen LogP contribution in [-0.4, -0.2) is 68.5 Å². The highest BCUT2D eigenvalue weighted by Gasteiger charge is 2.24. The SMILES string of the molecule is CCCCCCCCCCCCCCCCCCCCCCCCCCCCCCCCCCCC(=O)N[C@@H](COP(=O)([O-])OCC[N+](C)(C)C)[C@H](O)CCCCCCCCCCCCC. The summed E-state index contributed by atoms with van der Waals surface area (Å²) in [4.78, 5) is 25.4. The van der Waals surface area contributed by atoms with Crippen LogP contribution in [0.25, 0.3) is 0 Å². The molecule has 0 saturated carbocycles. The molecule has 0 aliphatic heterocycles. The molecule has 0 bridgehead atoms. The number of phosphoric acid groups is 1. The summed E-state index contributed by atoms with van der Waals surface area (Å²) < 4.78 is 23.3. The normalized spacial score (nSPS) is 13.9. The van der Waals surface area contributed by atoms with Crippen molar-refractivity contribution in [1.29, 1.82) is 0 Å². The summed E-state index contributed by atoms with van der Waals surface area (Å²) in [5, 5.41) is 13.9. The molecular formula is C57H117N2O6P. The van der Waals surface area contributed by atoms with Crippen molar-refractivity contribution in [3.05, 3.63) is 0 Å². The third kappa shape index (κ3) is 51.4. The minimum Gasteiger partial charge on any atom is -0.756 e. The number of unbranched alkanes of at least 4 members (excludes halogenated alkanes) is 42. The second-order valence-electron chi connectivity index (χ2n) is 21.7. The lowest BCUT2D eigenvalue weighted by atomic mass is 10.0. The third-order valence-corrected chi connectivity index (χ3v) is 14.8. The number of nitrogens with zero attached hydrogens (tertiary/aromatic N) is 1. The molecule has 3 atom stereocenters. The first-order valence-corrected chi connectivity index (χ1v) is 30.8. The van der Waals surface area contributed by atoms with Gasteiger partial charge in [0, 0.05) is 6.42 Å². The quantitative estimate of drug-likeness (QED) is 0.0357. The highest BCUT2D eigenvalue weighted by Crippen LogP contribution is 2.38. The first-order valence-electron chi connectivity index (χ1n) is 29.4. The molecule has 0 spiro atoms. The van der Waals surface area contributed by atoms with Crippen LogP contribution in [0.2, 0.25) is 0 Å². The second-order valence-corrected chi connectivity index (χ2v) is 23.1. The van der Waals surface area contributed by atoms with Gasteiger partial charge in [-0.3, -0.25) is 9.36 Å². The predicted octanol–water partition coefficient (Wildman–Crippen LogP) is 17.0. The van der Waals surface area contributed by atoms with Crippen LogP contribution in [0.4, 0.5) is 0 Å². The first kappa shape index (κ1) is 65.5. The van der Waals surface area contributed by atoms with Gasteiger partial charge in [0.05, 0.1) is 39.9 Å². The molecule has 1 amide bonds. The minimum atomic E-state index is -4.56. The number of hydrogen-bond donors (Lipinski definition) is 2. The number of rotatable bonds is 55. The average molecular weight is 958 g/mol. The van der Waals surface area contributed by atoms with E-state index in [-0.39, 0.29) is 19.1 Å². The number of quaternary nitrogens is 1. The zero-order chi connectivity index (χ0) is 48.5. The largest absolute Gasteiger partial charge is 0.756 e. The van der Waals surface area contributed by atoms with Crippen LogP contribution in [0.15, 0.2) is 0 Å². The van der Waals surface area contributed by atoms with Crippen molar-refractivity contribution < 1.29 is 32.9 Å². The van der Waals surface area contributed by atoms with Crippen LogP contribution in [0.1, 0.15) is 309 Å². The van der Waals surface area contributed by atoms with Gasteiger partial charge in [-0.2, -0.15) is 0 Å². The maximum atomic E-state index is 12.9. The molecule has 0 fully saturated rings. The van der Waals surface area contributed by atoms with Crippen molar-refractivity contribution in [3.63, 3.8) is 0 Å². The lowest BCUT2D eigenvalue weighted by Gasteiger charge is -2.30. The summed E-state index contributed by atoms with van der Waals surface area (Å²) in [6.45, 7) is 4.75. The highest BCUT2D eigenvalue weighted by atomic mass is 31.2. The highest BCUT2D eigenvalue weighted by molar-refractivity contribution is 7.45. The van der Waals surface area contributed by atoms with E-state index in [0.29, 0.717) is 23.9 Å². The summed E-state index contributed by atoms with van der Waals surface area (Å²) >= 11 is 0. The summed E-state index contributed by atoms with van der Waals surface area (Å²) in [6, 6.07) is -0.793. The van der Waals surface area contributed by atoms with E-state index < -0.39 is 20.0 Å². The standard InChI is InChI=1S/C57H117N2O6P/c1-6-8-10-12-14-16-18-19-20-21-22-23-24-25-26-27-28-29-30-31-32-33-34-35-36-37-38-39-41-43-45-47-49-51-57(61)58-55(54-65-66(62,63)64-53-52-59(3,4)5)56(60)50-48-46-44-42-40-17-15-13-11-9-7-2/h55-56,60H,6-54H2,1-5H3,(H-,58,61,62,63)/t55-,56+/m0/s1. The van der Waals surface area contributed by atoms with E-state index in [1.54, 1.807) is 0 Å². The van der Waals surface area contributed by atoms with Gasteiger partial charge in [0.25, 0.3) is 7.82 Å². The molecule has 0 aromatic carbocycles. The Bertz CT molecular complexity index is 1040. The molecular weight excluding hydrogens is 840 g/mol. The van der Waals surface area contributed by atoms with E-state index >= 15 is 0 Å². The summed E-state index contributed by atoms with van der Waals surface area (Å²) in [5.74, 6) is -0.158. The van der Waals surface area contributed by atoms with E-state index in [1.165, 1.54) is 244 Å². The van der Waals surface area contributed by atoms with Crippen LogP contribution >= 0.6 is 7.82 Å². The molecule has 2 N–H and O–H groups in total. The van der Waals surface area contributed by atoms with E-state index in [1.807, 2.05) is 21.1 Å². The van der Waals surface area contributed by atoms with Gasteiger partial charge < -0.3 is 28.8 Å². The monoisotopic (exact) mass is 957 g/mol. The number of amides is 1. The van der Waals surface area contributed by atoms with Gasteiger partial charge in [0.2, 0.25) is 5.91 Å². The Balaban J connectivity index is 3.87. The number of carbonyl (C=O) groups excluding carboxylic acids is 1. The fraction of sp³-hybridized carbons (Fsp3) is 0.982. The Labute approximate surface area is 412 Å². The van der Waals surface area contributed by atoms with Crippen LogP contribution in [0, 0.1) is 0 Å². The first-order chi connectivity index (χ1) is 32.0. The number of aliphatic hydroxyl groups is 1. The van der Waals surface area contributed by atoms with Gasteiger partial charge in [-0.1, -0.05) is 290 Å². The number of carbonyl (C=O) groups is 1. The Hall–Kier alpha value is -0.500. The van der Waals surface area contributed by atoms with E-state index in [2.05, 4.69) is 19.2 Å². The topological polar surface area (TPSA) is 108 Å². The Morgan fingerprint density at radius 3 is 1.03 bits per heavy atom. The molecule has 396 valence electrons. The van der Waals surface area contributed by atoms with Gasteiger partial charge in [-0.05, 0) is 12.8 Å². The molecule has 0 aliphatic carbocycles. The van der Waals surface area contributed by atoms with Crippen molar-refractivity contribution >= 4 is 13.7 Å². The zero-order valence-corrected chi connectivity index (χ0v) is 46.1. The average Bonchev–Trinajstić information content (AvgIpc) is 3.28. The smallest absolute Gasteiger partial charge is 0.268 e. The molecule has 0 saturated heterocycles. The molecule has 66 heavy (non-hydrogen) atoms. The lowest BCUT2D eigenvalue weighted by molar-refractivity contribution is -0.870. The van der Waals surface area contributed by atoms with Gasteiger partial charge in [0.15, 0.2) is 0 Å². The fourth-order valence-electron chi connectivity index (χ4n) is 9.22. The van der Waals surface area contributed by atoms with Crippen molar-refractivity contribution in [1.82, 2.24) is 5.32 Å². The number of hydrogen-bond acceptors (Lipinski definition) is 6. The van der Waals surface area contributed by atoms with Crippen molar-refractivity contribution in [2.24, 2.45) is 0 Å². The summed E-state index contributed by atoms with van der Waals surface area (Å²) in [6.07, 6.45) is 58.8. The molecule has 9 heteroatoms. The maximum Gasteiger partial charge on any atom is 0.268 e. The molecule has 0 heterocycles. The maximum absolute atomic E-state index is 12.9. The van der Waals surface area contributed by atoms with Gasteiger partial charge in [-0.25, -0.2) is 0 Å². The lowest BCUT2D eigenvalue weighted by Crippen LogP contribution is -2.46. The van der Waals surface area contributed by atoms with Crippen LogP contribution in [0.3, 0.4) is 0 Å². The van der Waals surface area contributed by atoms with E-state index in [0.717, 1.165) is 38.5 Å². The Morgan fingerprint density at radius 1 is 0.470 bits per heavy atom. The molecule has 0 aromatic heterocycles. The molecule has 1 unspecified atom stereocenters. The fourth-order valence-corrected chi connectivity index (χ4v) is 9.94. The van der Waals surface area contributed by atoms with Crippen LogP contribution < -0.4 is 10.2 Å². The molecule has 0 radical (unpaired) electrons. The van der Waals surface area contributed by atoms with Gasteiger partial charge >= 0.3 is 0 Å². The number of likely N-dealkylation sites (N-methyl/N-ethyl adjacent to an activating group) is 1. The molecule has 0 rings (SSSR count). The van der Waals surface area contributed by atoms with E-state index in [9.17, 15) is 19.4 Å². The molecule has 0 aliphatic rings. The van der Waals surface area contributed by atoms with Crippen LogP contribution in [-0.2, 0) is 18.4 Å². The molecule has 0 aromatic rings. The van der Waals surface area contributed by atoms with Crippen molar-refractivity contribution in [3.8, 4) is 0 Å². The molecule has 8 nitrogen and oxygen atoms in total. The second kappa shape index (κ2) is 49.5. The van der Waals surface area contributed by atoms with Gasteiger partial charge in [0.1, 0.15) is 13.2 Å². The summed E-state index contributed by atoms with van der Waals surface area (Å²) in [5.41, 5.74) is 0. The van der Waals surface area contributed by atoms with Crippen molar-refractivity contribution in [2.45, 2.75) is 321 Å². The minimum absolute atomic E-state index is 0.0162. The van der Waals surface area contributed by atoms with Crippen LogP contribution in [0.5, 0.6) is 0 Å². The number of aliphatic hydroxyl groups excluding tert-OH is 1. The Kier molecular flexibility index (Phi) is 49.1. The predicted molar refractivity (Wildman–Crippen MR) is 284 cm³/mol. The number of phosphoric ester groups is 1. The van der Waals surface area contributed by atoms with E-state index in [4.69, 9.17) is 9.05 Å². The van der Waals surface area contributed by atoms with Crippen molar-refractivity contribution in [2.75, 3.05) is 40.9 Å².